The van der Waals surface area contributed by atoms with Gasteiger partial charge in [-0.1, -0.05) is 18.2 Å². The molecule has 24 heavy (non-hydrogen) atoms. The van der Waals surface area contributed by atoms with Gasteiger partial charge in [-0.15, -0.1) is 0 Å². The maximum absolute atomic E-state index is 12.8. The van der Waals surface area contributed by atoms with Crippen LogP contribution in [0.4, 0.5) is 11.5 Å². The number of para-hydroxylation sites is 1. The maximum Gasteiger partial charge on any atom is 0.331 e. The lowest BCUT2D eigenvalue weighted by Crippen LogP contribution is -2.65. The van der Waals surface area contributed by atoms with Crippen LogP contribution in [0.15, 0.2) is 48.7 Å². The highest BCUT2D eigenvalue weighted by atomic mass is 16.2. The minimum atomic E-state index is -0.650. The number of nitrogens with one attached hydrogen (secondary N) is 1. The van der Waals surface area contributed by atoms with Gasteiger partial charge in [-0.3, -0.25) is 4.79 Å². The van der Waals surface area contributed by atoms with Crippen LogP contribution in [-0.2, 0) is 16.0 Å². The Morgan fingerprint density at radius 3 is 2.75 bits per heavy atom. The van der Waals surface area contributed by atoms with Gasteiger partial charge in [0.15, 0.2) is 6.04 Å². The van der Waals surface area contributed by atoms with Gasteiger partial charge in [-0.25, -0.2) is 9.36 Å². The van der Waals surface area contributed by atoms with Crippen LogP contribution in [0.1, 0.15) is 18.5 Å². The average molecular weight is 323 g/mol. The first kappa shape index (κ1) is 14.8. The quantitative estimate of drug-likeness (QED) is 0.801. The van der Waals surface area contributed by atoms with Crippen molar-refractivity contribution in [2.75, 3.05) is 10.2 Å². The Bertz CT molecular complexity index is 821. The standard InChI is InChI=1S/C18H18N4O2/c1-11-15(19)18(24)22-14(10-12-6-5-9-21(11)17(12)22)16(23)20-13-7-3-2-4-8-13/h2-9,11,14-15H,10,19H2,1H3/p+1. The van der Waals surface area contributed by atoms with E-state index < -0.39 is 12.1 Å². The van der Waals surface area contributed by atoms with Gasteiger partial charge in [0, 0.05) is 17.7 Å². The van der Waals surface area contributed by atoms with Gasteiger partial charge in [0.25, 0.3) is 11.7 Å². The molecule has 3 atom stereocenters. The minimum absolute atomic E-state index is 0.125. The highest BCUT2D eigenvalue weighted by molar-refractivity contribution is 6.08. The zero-order chi connectivity index (χ0) is 16.8. The number of pyridine rings is 1. The highest BCUT2D eigenvalue weighted by Gasteiger charge is 2.54. The van der Waals surface area contributed by atoms with E-state index in [9.17, 15) is 9.59 Å². The van der Waals surface area contributed by atoms with Crippen LogP contribution in [-0.4, -0.2) is 23.9 Å². The molecule has 2 amide bonds. The van der Waals surface area contributed by atoms with Gasteiger partial charge < -0.3 is 11.1 Å². The van der Waals surface area contributed by atoms with E-state index in [1.54, 1.807) is 4.90 Å². The molecule has 3 N–H and O–H groups in total. The second-order valence-electron chi connectivity index (χ2n) is 6.31. The molecule has 2 aliphatic heterocycles. The Balaban J connectivity index is 1.70. The van der Waals surface area contributed by atoms with Crippen molar-refractivity contribution in [1.29, 1.82) is 0 Å². The molecule has 0 spiro atoms. The molecule has 3 unspecified atom stereocenters. The van der Waals surface area contributed by atoms with Crippen LogP contribution in [0.25, 0.3) is 0 Å². The molecule has 0 saturated carbocycles. The number of nitrogens with two attached hydrogens (primary N) is 1. The van der Waals surface area contributed by atoms with E-state index in [0.29, 0.717) is 12.1 Å². The molecule has 122 valence electrons. The van der Waals surface area contributed by atoms with Gasteiger partial charge in [-0.2, -0.15) is 4.90 Å². The molecule has 0 fully saturated rings. The molecule has 0 bridgehead atoms. The molecule has 3 heterocycles. The molecule has 1 aromatic heterocycles. The van der Waals surface area contributed by atoms with E-state index >= 15 is 0 Å². The maximum atomic E-state index is 12.8. The van der Waals surface area contributed by atoms with E-state index in [1.165, 1.54) is 0 Å². The van der Waals surface area contributed by atoms with Gasteiger partial charge in [0.2, 0.25) is 0 Å². The van der Waals surface area contributed by atoms with E-state index in [0.717, 1.165) is 11.4 Å². The van der Waals surface area contributed by atoms with Crippen LogP contribution >= 0.6 is 0 Å². The van der Waals surface area contributed by atoms with Gasteiger partial charge >= 0.3 is 5.91 Å². The summed E-state index contributed by atoms with van der Waals surface area (Å²) >= 11 is 0. The number of nitrogens with zero attached hydrogens (tertiary/aromatic N) is 2. The molecule has 1 aromatic carbocycles. The number of rotatable bonds is 2. The molecule has 0 aliphatic carbocycles. The molecule has 0 radical (unpaired) electrons. The lowest BCUT2D eigenvalue weighted by molar-refractivity contribution is -0.710. The fourth-order valence-electron chi connectivity index (χ4n) is 3.53. The largest absolute Gasteiger partial charge is 0.331 e. The predicted octanol–water partition coefficient (Wildman–Crippen LogP) is 0.772. The molecule has 2 aliphatic rings. The lowest BCUT2D eigenvalue weighted by Gasteiger charge is -2.29. The number of hydrogen-bond donors (Lipinski definition) is 2. The number of anilines is 2. The Morgan fingerprint density at radius 2 is 2.00 bits per heavy atom. The van der Waals surface area contributed by atoms with Crippen molar-refractivity contribution in [3.05, 3.63) is 54.2 Å². The van der Waals surface area contributed by atoms with Crippen LogP contribution in [0, 0.1) is 0 Å². The number of aromatic nitrogens is 1. The number of amides is 2. The first-order valence-corrected chi connectivity index (χ1v) is 8.05. The lowest BCUT2D eigenvalue weighted by atomic mass is 10.1. The van der Waals surface area contributed by atoms with Gasteiger partial charge in [-0.05, 0) is 31.2 Å². The van der Waals surface area contributed by atoms with Crippen LogP contribution in [0.2, 0.25) is 0 Å². The summed E-state index contributed by atoms with van der Waals surface area (Å²) < 4.78 is 2.00. The molecule has 4 rings (SSSR count). The number of carbonyl (C=O) groups excluding carboxylic acids is 2. The molecular weight excluding hydrogens is 304 g/mol. The molecule has 6 heteroatoms. The smallest absolute Gasteiger partial charge is 0.322 e. The van der Waals surface area contributed by atoms with Crippen molar-refractivity contribution in [3.63, 3.8) is 0 Å². The van der Waals surface area contributed by atoms with Crippen molar-refractivity contribution in [3.8, 4) is 0 Å². The summed E-state index contributed by atoms with van der Waals surface area (Å²) in [4.78, 5) is 27.1. The van der Waals surface area contributed by atoms with E-state index in [4.69, 9.17) is 5.73 Å². The summed E-state index contributed by atoms with van der Waals surface area (Å²) in [5.41, 5.74) is 7.81. The van der Waals surface area contributed by atoms with Crippen molar-refractivity contribution in [2.24, 2.45) is 5.73 Å². The predicted molar refractivity (Wildman–Crippen MR) is 89.4 cm³/mol. The van der Waals surface area contributed by atoms with Crippen LogP contribution < -0.4 is 20.5 Å². The second kappa shape index (κ2) is 5.42. The number of carbonyl (C=O) groups is 2. The molecule has 6 nitrogen and oxygen atoms in total. The topological polar surface area (TPSA) is 79.3 Å². The first-order chi connectivity index (χ1) is 11.6. The Morgan fingerprint density at radius 1 is 1.25 bits per heavy atom. The summed E-state index contributed by atoms with van der Waals surface area (Å²) in [6.45, 7) is 1.93. The van der Waals surface area contributed by atoms with E-state index in [-0.39, 0.29) is 17.9 Å². The van der Waals surface area contributed by atoms with Crippen molar-refractivity contribution in [1.82, 2.24) is 0 Å². The summed E-state index contributed by atoms with van der Waals surface area (Å²) in [5.74, 6) is 0.407. The Kier molecular flexibility index (Phi) is 3.35. The molecular formula is C18H19N4O2+. The van der Waals surface area contributed by atoms with Crippen molar-refractivity contribution >= 4 is 23.3 Å². The highest BCUT2D eigenvalue weighted by Crippen LogP contribution is 2.34. The zero-order valence-corrected chi connectivity index (χ0v) is 13.3. The Labute approximate surface area is 139 Å². The average Bonchev–Trinajstić information content (AvgIpc) is 2.99. The summed E-state index contributed by atoms with van der Waals surface area (Å²) in [6.07, 6.45) is 2.42. The number of benzene rings is 1. The summed E-state index contributed by atoms with van der Waals surface area (Å²) in [7, 11) is 0. The molecule has 2 aromatic rings. The Hall–Kier alpha value is -2.73. The van der Waals surface area contributed by atoms with Crippen molar-refractivity contribution in [2.45, 2.75) is 31.5 Å². The fraction of sp³-hybridized carbons (Fsp3) is 0.278. The van der Waals surface area contributed by atoms with Gasteiger partial charge in [0.1, 0.15) is 12.1 Å². The molecule has 0 saturated heterocycles. The first-order valence-electron chi connectivity index (χ1n) is 8.05. The minimum Gasteiger partial charge on any atom is -0.322 e. The SMILES string of the molecule is CC1C(N)C(=O)N2c3c(ccc[n+]31)CC2C(=O)Nc1ccccc1. The van der Waals surface area contributed by atoms with Crippen LogP contribution in [0.3, 0.4) is 0 Å². The normalized spacial score (nSPS) is 24.7. The summed E-state index contributed by atoms with van der Waals surface area (Å²) in [6, 6.07) is 11.8. The van der Waals surface area contributed by atoms with E-state index in [2.05, 4.69) is 5.32 Å². The van der Waals surface area contributed by atoms with Crippen LogP contribution in [0.5, 0.6) is 0 Å². The van der Waals surface area contributed by atoms with E-state index in [1.807, 2.05) is 60.2 Å². The number of hydrogen-bond acceptors (Lipinski definition) is 3. The van der Waals surface area contributed by atoms with Gasteiger partial charge in [0.05, 0.1) is 6.20 Å². The second-order valence-corrected chi connectivity index (χ2v) is 6.31. The van der Waals surface area contributed by atoms with Crippen molar-refractivity contribution < 1.29 is 14.2 Å². The fourth-order valence-corrected chi connectivity index (χ4v) is 3.53. The monoisotopic (exact) mass is 323 g/mol. The third-order valence-corrected chi connectivity index (χ3v) is 4.85. The zero-order valence-electron chi connectivity index (χ0n) is 13.3. The summed E-state index contributed by atoms with van der Waals surface area (Å²) in [5, 5.41) is 2.89. The third-order valence-electron chi connectivity index (χ3n) is 4.85. The third kappa shape index (κ3) is 2.11.